The Balaban J connectivity index is 1.75. The van der Waals surface area contributed by atoms with Crippen LogP contribution in [0.25, 0.3) is 0 Å². The Morgan fingerprint density at radius 3 is 2.04 bits per heavy atom. The fraction of sp³-hybridized carbons (Fsp3) is 0.762. The van der Waals surface area contributed by atoms with Gasteiger partial charge < -0.3 is 29.9 Å². The Kier molecular flexibility index (Phi) is 11.6. The first kappa shape index (κ1) is 40.5. The highest BCUT2D eigenvalue weighted by atomic mass is 16.6. The van der Waals surface area contributed by atoms with Crippen LogP contribution >= 0.6 is 0 Å². The van der Waals surface area contributed by atoms with Crippen LogP contribution in [0.3, 0.4) is 0 Å². The Labute approximate surface area is 301 Å². The number of carbonyl (C=O) groups excluding carboxylic acids is 2. The highest BCUT2D eigenvalue weighted by molar-refractivity contribution is 5.88. The minimum atomic E-state index is -1.25. The average molecular weight is 699 g/mol. The molecule has 282 valence electrons. The van der Waals surface area contributed by atoms with Crippen LogP contribution in [0.15, 0.2) is 48.6 Å². The number of aliphatic hydroxyl groups is 4. The van der Waals surface area contributed by atoms with Gasteiger partial charge in [0.25, 0.3) is 0 Å². The number of carbonyl (C=O) groups is 2. The number of aliphatic hydroxyl groups excluding tert-OH is 4. The number of hydrogen-bond acceptors (Lipinski definition) is 8. The number of ether oxygens (including phenoxy) is 2. The molecule has 50 heavy (non-hydrogen) atoms. The van der Waals surface area contributed by atoms with Crippen LogP contribution in [0.1, 0.15) is 114 Å². The number of fused-ring (bicyclic) bond motifs is 2. The van der Waals surface area contributed by atoms with Crippen molar-refractivity contribution in [2.24, 2.45) is 50.2 Å². The van der Waals surface area contributed by atoms with Crippen molar-refractivity contribution < 1.29 is 39.5 Å². The summed E-state index contributed by atoms with van der Waals surface area (Å²) in [5.41, 5.74) is -2.71. The Hall–Kier alpha value is -2.26. The van der Waals surface area contributed by atoms with Crippen LogP contribution in [0.4, 0.5) is 0 Å². The molecule has 0 aromatic rings. The predicted molar refractivity (Wildman–Crippen MR) is 196 cm³/mol. The molecule has 4 aliphatic rings. The zero-order chi connectivity index (χ0) is 37.7. The second-order valence-corrected chi connectivity index (χ2v) is 17.9. The SMILES string of the molecule is C=CCC1[C@@]2(C=C)CC[C@H](O)[C@](C)(COC(=O)/C(C)=C/C)C2CC[C@@]1(C)[C@@]1(C)CC2CC(C)(C)[C@@H](OC(=O)/C(C)=C/C)[C@H](O)[C@]2(CO)[C@H](O)C1. The van der Waals surface area contributed by atoms with Crippen molar-refractivity contribution in [1.82, 2.24) is 0 Å². The predicted octanol–water partition coefficient (Wildman–Crippen LogP) is 6.86. The standard InChI is InChI=1S/C42H66O8/c1-12-16-30-40(11,19-17-29-39(10,25-49-35(47)26(5)13-2)31(44)18-20-41(29,30)15-4)38(9)22-28-21-37(7,8)34(50-36(48)27(6)14-3)33(46)42(28,24-43)32(45)23-38/h12-15,28-34,43-46H,1,4,16-25H2,2-3,5-11H3/b26-13+,27-14+/t28?,29?,30?,31-,32+,33-,34-,38-,39+,40+,41-,42-/m0/s1. The number of hydrogen-bond donors (Lipinski definition) is 4. The molecular formula is C42H66O8. The molecule has 4 fully saturated rings. The lowest BCUT2D eigenvalue weighted by Crippen LogP contribution is -2.70. The van der Waals surface area contributed by atoms with Crippen LogP contribution in [0.2, 0.25) is 0 Å². The Morgan fingerprint density at radius 1 is 0.860 bits per heavy atom. The van der Waals surface area contributed by atoms with Crippen LogP contribution in [0, 0.1) is 50.2 Å². The zero-order valence-electron chi connectivity index (χ0n) is 32.3. The highest BCUT2D eigenvalue weighted by Crippen LogP contribution is 2.73. The summed E-state index contributed by atoms with van der Waals surface area (Å²) >= 11 is 0. The molecule has 8 heteroatoms. The van der Waals surface area contributed by atoms with Gasteiger partial charge in [0.2, 0.25) is 0 Å². The Bertz CT molecular complexity index is 1380. The number of rotatable bonds is 10. The van der Waals surface area contributed by atoms with Crippen LogP contribution in [0.5, 0.6) is 0 Å². The molecule has 0 saturated heterocycles. The van der Waals surface area contributed by atoms with Crippen LogP contribution in [-0.2, 0) is 19.1 Å². The van der Waals surface area contributed by atoms with Gasteiger partial charge in [-0.25, -0.2) is 9.59 Å². The third-order valence-electron chi connectivity index (χ3n) is 15.2. The summed E-state index contributed by atoms with van der Waals surface area (Å²) in [5.74, 6) is -1.07. The molecule has 0 amide bonds. The van der Waals surface area contributed by atoms with Crippen molar-refractivity contribution >= 4 is 11.9 Å². The molecule has 4 aliphatic carbocycles. The van der Waals surface area contributed by atoms with E-state index in [-0.39, 0.29) is 35.7 Å². The number of allylic oxidation sites excluding steroid dienone is 4. The van der Waals surface area contributed by atoms with Gasteiger partial charge in [0, 0.05) is 22.0 Å². The summed E-state index contributed by atoms with van der Waals surface area (Å²) in [7, 11) is 0. The van der Waals surface area contributed by atoms with E-state index in [9.17, 15) is 30.0 Å². The quantitative estimate of drug-likeness (QED) is 0.111. The van der Waals surface area contributed by atoms with E-state index in [1.165, 1.54) is 0 Å². The fourth-order valence-electron chi connectivity index (χ4n) is 11.6. The molecule has 0 radical (unpaired) electrons. The van der Waals surface area contributed by atoms with Gasteiger partial charge in [-0.3, -0.25) is 0 Å². The summed E-state index contributed by atoms with van der Waals surface area (Å²) in [6.07, 6.45) is 8.83. The van der Waals surface area contributed by atoms with Gasteiger partial charge in [-0.15, -0.1) is 13.2 Å². The van der Waals surface area contributed by atoms with Gasteiger partial charge in [0.05, 0.1) is 30.8 Å². The van der Waals surface area contributed by atoms with E-state index in [0.717, 1.165) is 19.3 Å². The molecular weight excluding hydrogens is 632 g/mol. The molecule has 0 heterocycles. The third kappa shape index (κ3) is 6.08. The van der Waals surface area contributed by atoms with Crippen molar-refractivity contribution in [3.8, 4) is 0 Å². The zero-order valence-corrected chi connectivity index (χ0v) is 32.3. The summed E-state index contributed by atoms with van der Waals surface area (Å²) < 4.78 is 11.8. The lowest BCUT2D eigenvalue weighted by Gasteiger charge is -2.70. The highest BCUT2D eigenvalue weighted by Gasteiger charge is 2.70. The van der Waals surface area contributed by atoms with Crippen LogP contribution in [-0.4, -0.2) is 70.0 Å². The smallest absolute Gasteiger partial charge is 0.333 e. The first-order chi connectivity index (χ1) is 23.2. The second kappa shape index (κ2) is 14.3. The second-order valence-electron chi connectivity index (χ2n) is 17.9. The third-order valence-corrected chi connectivity index (χ3v) is 15.2. The summed E-state index contributed by atoms with van der Waals surface area (Å²) in [6, 6.07) is 0. The molecule has 4 rings (SSSR count). The first-order valence-electron chi connectivity index (χ1n) is 18.8. The molecule has 0 bridgehead atoms. The van der Waals surface area contributed by atoms with Crippen molar-refractivity contribution in [3.05, 3.63) is 48.6 Å². The van der Waals surface area contributed by atoms with Crippen molar-refractivity contribution in [1.29, 1.82) is 0 Å². The van der Waals surface area contributed by atoms with E-state index in [0.29, 0.717) is 43.3 Å². The lowest BCUT2D eigenvalue weighted by atomic mass is 9.35. The van der Waals surface area contributed by atoms with E-state index >= 15 is 0 Å². The molecule has 4 N–H and O–H groups in total. The molecule has 4 saturated carbocycles. The normalized spacial score (nSPS) is 44.7. The minimum absolute atomic E-state index is 0.00635. The molecule has 0 aromatic heterocycles. The first-order valence-corrected chi connectivity index (χ1v) is 18.8. The lowest BCUT2D eigenvalue weighted by molar-refractivity contribution is -0.276. The van der Waals surface area contributed by atoms with E-state index in [4.69, 9.17) is 9.47 Å². The van der Waals surface area contributed by atoms with Crippen molar-refractivity contribution in [3.63, 3.8) is 0 Å². The molecule has 0 spiro atoms. The maximum absolute atomic E-state index is 12.9. The molecule has 12 atom stereocenters. The van der Waals surface area contributed by atoms with E-state index in [2.05, 4.69) is 40.0 Å². The van der Waals surface area contributed by atoms with Gasteiger partial charge >= 0.3 is 11.9 Å². The largest absolute Gasteiger partial charge is 0.462 e. The topological polar surface area (TPSA) is 134 Å². The molecule has 0 aromatic carbocycles. The van der Waals surface area contributed by atoms with Crippen molar-refractivity contribution in [2.75, 3.05) is 13.2 Å². The van der Waals surface area contributed by atoms with E-state index < -0.39 is 64.1 Å². The van der Waals surface area contributed by atoms with Gasteiger partial charge in [0.15, 0.2) is 0 Å². The van der Waals surface area contributed by atoms with E-state index in [1.807, 2.05) is 19.9 Å². The maximum Gasteiger partial charge on any atom is 0.333 e. The summed E-state index contributed by atoms with van der Waals surface area (Å²) in [6.45, 7) is 26.0. The maximum atomic E-state index is 12.9. The minimum Gasteiger partial charge on any atom is -0.462 e. The van der Waals surface area contributed by atoms with Gasteiger partial charge in [-0.05, 0) is 113 Å². The van der Waals surface area contributed by atoms with Crippen LogP contribution < -0.4 is 0 Å². The van der Waals surface area contributed by atoms with E-state index in [1.54, 1.807) is 39.8 Å². The van der Waals surface area contributed by atoms with Crippen molar-refractivity contribution in [2.45, 2.75) is 138 Å². The van der Waals surface area contributed by atoms with Gasteiger partial charge in [-0.2, -0.15) is 0 Å². The number of esters is 2. The fourth-order valence-corrected chi connectivity index (χ4v) is 11.6. The average Bonchev–Trinajstić information content (AvgIpc) is 3.07. The monoisotopic (exact) mass is 698 g/mol. The Morgan fingerprint density at radius 2 is 1.48 bits per heavy atom. The molecule has 8 nitrogen and oxygen atoms in total. The molecule has 0 aliphatic heterocycles. The van der Waals surface area contributed by atoms with Gasteiger partial charge in [-0.1, -0.05) is 58.9 Å². The van der Waals surface area contributed by atoms with Gasteiger partial charge in [0.1, 0.15) is 12.2 Å². The molecule has 3 unspecified atom stereocenters. The summed E-state index contributed by atoms with van der Waals surface area (Å²) in [5, 5.41) is 47.0. The summed E-state index contributed by atoms with van der Waals surface area (Å²) in [4.78, 5) is 25.7.